The van der Waals surface area contributed by atoms with Crippen molar-refractivity contribution in [2.45, 2.75) is 25.6 Å². The molecule has 0 aliphatic carbocycles. The summed E-state index contributed by atoms with van der Waals surface area (Å²) in [5.41, 5.74) is 0.383. The number of rotatable bonds is 4. The zero-order valence-corrected chi connectivity index (χ0v) is 12.6. The fourth-order valence-electron chi connectivity index (χ4n) is 2.05. The van der Waals surface area contributed by atoms with Gasteiger partial charge in [0.05, 0.1) is 24.6 Å². The first-order valence-electron chi connectivity index (χ1n) is 7.20. The zero-order chi connectivity index (χ0) is 16.9. The lowest BCUT2D eigenvalue weighted by atomic mass is 10.2. The Bertz CT molecular complexity index is 522. The third-order valence-electron chi connectivity index (χ3n) is 3.25. The number of carbonyl (C=O) groups is 1. The van der Waals surface area contributed by atoms with Crippen molar-refractivity contribution in [3.05, 3.63) is 18.3 Å². The van der Waals surface area contributed by atoms with Gasteiger partial charge in [0.15, 0.2) is 6.61 Å². The van der Waals surface area contributed by atoms with Crippen LogP contribution in [0.4, 0.5) is 23.7 Å². The standard InChI is InChI=1S/C14H18F3N3O3/c1-2-11-8-20(5-6-22-11)13(21)19-10-3-4-12(18-7-10)23-9-14(15,16)17/h3-4,7,11H,2,5-6,8-9H2,1H3,(H,19,21)/t11-/m1/s1. The van der Waals surface area contributed by atoms with Crippen molar-refractivity contribution in [2.75, 3.05) is 31.6 Å². The molecule has 9 heteroatoms. The van der Waals surface area contributed by atoms with Gasteiger partial charge in [0.2, 0.25) is 5.88 Å². The number of carbonyl (C=O) groups excluding carboxylic acids is 1. The van der Waals surface area contributed by atoms with Gasteiger partial charge in [-0.3, -0.25) is 0 Å². The van der Waals surface area contributed by atoms with Gasteiger partial charge in [0, 0.05) is 19.2 Å². The van der Waals surface area contributed by atoms with Crippen LogP contribution in [-0.2, 0) is 4.74 Å². The van der Waals surface area contributed by atoms with Crippen molar-refractivity contribution >= 4 is 11.7 Å². The minimum atomic E-state index is -4.42. The lowest BCUT2D eigenvalue weighted by molar-refractivity contribution is -0.154. The van der Waals surface area contributed by atoms with Crippen molar-refractivity contribution in [2.24, 2.45) is 0 Å². The number of alkyl halides is 3. The van der Waals surface area contributed by atoms with Gasteiger partial charge in [0.1, 0.15) is 0 Å². The van der Waals surface area contributed by atoms with Gasteiger partial charge in [-0.2, -0.15) is 13.2 Å². The highest BCUT2D eigenvalue weighted by atomic mass is 19.4. The number of hydrogen-bond donors (Lipinski definition) is 1. The number of nitrogens with zero attached hydrogens (tertiary/aromatic N) is 2. The highest BCUT2D eigenvalue weighted by Gasteiger charge is 2.28. The quantitative estimate of drug-likeness (QED) is 0.920. The number of nitrogens with one attached hydrogen (secondary N) is 1. The SMILES string of the molecule is CC[C@@H]1CN(C(=O)Nc2ccc(OCC(F)(F)F)nc2)CCO1. The van der Waals surface area contributed by atoms with Gasteiger partial charge in [-0.25, -0.2) is 9.78 Å². The summed E-state index contributed by atoms with van der Waals surface area (Å²) in [5, 5.41) is 2.65. The van der Waals surface area contributed by atoms with Crippen LogP contribution in [0.3, 0.4) is 0 Å². The highest BCUT2D eigenvalue weighted by Crippen LogP contribution is 2.18. The average Bonchev–Trinajstić information content (AvgIpc) is 2.53. The van der Waals surface area contributed by atoms with E-state index in [4.69, 9.17) is 4.74 Å². The van der Waals surface area contributed by atoms with E-state index < -0.39 is 12.8 Å². The molecule has 6 nitrogen and oxygen atoms in total. The molecule has 0 bridgehead atoms. The maximum Gasteiger partial charge on any atom is 0.422 e. The van der Waals surface area contributed by atoms with Crippen LogP contribution in [0.5, 0.6) is 5.88 Å². The number of hydrogen-bond acceptors (Lipinski definition) is 4. The van der Waals surface area contributed by atoms with E-state index in [0.717, 1.165) is 6.42 Å². The monoisotopic (exact) mass is 333 g/mol. The highest BCUT2D eigenvalue weighted by molar-refractivity contribution is 5.89. The molecule has 2 heterocycles. The molecule has 0 unspecified atom stereocenters. The fourth-order valence-corrected chi connectivity index (χ4v) is 2.05. The van der Waals surface area contributed by atoms with Gasteiger partial charge in [-0.15, -0.1) is 0 Å². The normalized spacial score (nSPS) is 18.6. The second-order valence-electron chi connectivity index (χ2n) is 5.07. The summed E-state index contributed by atoms with van der Waals surface area (Å²) in [7, 11) is 0. The van der Waals surface area contributed by atoms with Crippen molar-refractivity contribution in [1.29, 1.82) is 0 Å². The van der Waals surface area contributed by atoms with E-state index in [1.807, 2.05) is 6.92 Å². The maximum atomic E-state index is 12.1. The Morgan fingerprint density at radius 3 is 2.91 bits per heavy atom. The molecular weight excluding hydrogens is 315 g/mol. The molecule has 1 aliphatic heterocycles. The predicted octanol–water partition coefficient (Wildman–Crippen LogP) is 2.67. The number of halogens is 3. The molecule has 2 amide bonds. The first kappa shape index (κ1) is 17.3. The Balaban J connectivity index is 1.86. The Morgan fingerprint density at radius 1 is 1.52 bits per heavy atom. The Hall–Kier alpha value is -2.03. The largest absolute Gasteiger partial charge is 0.468 e. The first-order chi connectivity index (χ1) is 10.9. The number of ether oxygens (including phenoxy) is 2. The number of amides is 2. The molecule has 0 spiro atoms. The van der Waals surface area contributed by atoms with Gasteiger partial charge >= 0.3 is 12.2 Å². The molecule has 0 saturated carbocycles. The smallest absolute Gasteiger partial charge is 0.422 e. The van der Waals surface area contributed by atoms with E-state index in [9.17, 15) is 18.0 Å². The van der Waals surface area contributed by atoms with Crippen LogP contribution < -0.4 is 10.1 Å². The molecule has 1 saturated heterocycles. The molecule has 1 fully saturated rings. The first-order valence-corrected chi connectivity index (χ1v) is 7.20. The summed E-state index contributed by atoms with van der Waals surface area (Å²) in [6.07, 6.45) is -2.33. The van der Waals surface area contributed by atoms with Crippen molar-refractivity contribution < 1.29 is 27.4 Å². The Kier molecular flexibility index (Phi) is 5.64. The van der Waals surface area contributed by atoms with E-state index in [0.29, 0.717) is 25.4 Å². The van der Waals surface area contributed by atoms with Crippen molar-refractivity contribution in [3.63, 3.8) is 0 Å². The molecule has 0 radical (unpaired) electrons. The fraction of sp³-hybridized carbons (Fsp3) is 0.571. The van der Waals surface area contributed by atoms with E-state index in [1.54, 1.807) is 4.90 Å². The minimum absolute atomic E-state index is 0.0192. The van der Waals surface area contributed by atoms with Gasteiger partial charge in [-0.1, -0.05) is 6.92 Å². The molecule has 1 aromatic rings. The van der Waals surface area contributed by atoms with Crippen LogP contribution in [0.15, 0.2) is 18.3 Å². The third-order valence-corrected chi connectivity index (χ3v) is 3.25. The minimum Gasteiger partial charge on any atom is -0.468 e. The third kappa shape index (κ3) is 5.59. The molecule has 0 aromatic carbocycles. The molecule has 23 heavy (non-hydrogen) atoms. The van der Waals surface area contributed by atoms with Crippen LogP contribution >= 0.6 is 0 Å². The summed E-state index contributed by atoms with van der Waals surface area (Å²) in [6, 6.07) is 2.42. The van der Waals surface area contributed by atoms with Crippen LogP contribution in [0.1, 0.15) is 13.3 Å². The maximum absolute atomic E-state index is 12.1. The van der Waals surface area contributed by atoms with Gasteiger partial charge in [-0.05, 0) is 12.5 Å². The molecule has 1 aliphatic rings. The molecule has 1 aromatic heterocycles. The lowest BCUT2D eigenvalue weighted by Gasteiger charge is -2.32. The number of morpholine rings is 1. The van der Waals surface area contributed by atoms with E-state index in [1.165, 1.54) is 18.3 Å². The van der Waals surface area contributed by atoms with Crippen LogP contribution in [0, 0.1) is 0 Å². The zero-order valence-electron chi connectivity index (χ0n) is 12.6. The van der Waals surface area contributed by atoms with Gasteiger partial charge in [0.25, 0.3) is 0 Å². The lowest BCUT2D eigenvalue weighted by Crippen LogP contribution is -2.47. The molecule has 1 atom stereocenters. The molecule has 2 rings (SSSR count). The van der Waals surface area contributed by atoms with Crippen molar-refractivity contribution in [3.8, 4) is 5.88 Å². The summed E-state index contributed by atoms with van der Waals surface area (Å²) in [5.74, 6) is -0.155. The van der Waals surface area contributed by atoms with Crippen LogP contribution in [0.2, 0.25) is 0 Å². The predicted molar refractivity (Wildman–Crippen MR) is 76.4 cm³/mol. The summed E-state index contributed by atoms with van der Waals surface area (Å²) >= 11 is 0. The van der Waals surface area contributed by atoms with Crippen LogP contribution in [-0.4, -0.2) is 54.5 Å². The van der Waals surface area contributed by atoms with E-state index >= 15 is 0 Å². The number of anilines is 1. The van der Waals surface area contributed by atoms with E-state index in [2.05, 4.69) is 15.0 Å². The second kappa shape index (κ2) is 7.49. The summed E-state index contributed by atoms with van der Waals surface area (Å²) < 4.78 is 46.1. The average molecular weight is 333 g/mol. The summed E-state index contributed by atoms with van der Waals surface area (Å²) in [6.45, 7) is 2.05. The second-order valence-corrected chi connectivity index (χ2v) is 5.07. The van der Waals surface area contributed by atoms with Crippen molar-refractivity contribution in [1.82, 2.24) is 9.88 Å². The topological polar surface area (TPSA) is 63.7 Å². The van der Waals surface area contributed by atoms with Crippen LogP contribution in [0.25, 0.3) is 0 Å². The number of urea groups is 1. The summed E-state index contributed by atoms with van der Waals surface area (Å²) in [4.78, 5) is 17.5. The Labute approximate surface area is 131 Å². The number of aromatic nitrogens is 1. The molecular formula is C14H18F3N3O3. The molecule has 1 N–H and O–H groups in total. The van der Waals surface area contributed by atoms with E-state index in [-0.39, 0.29) is 18.0 Å². The van der Waals surface area contributed by atoms with Gasteiger partial charge < -0.3 is 19.7 Å². The number of pyridine rings is 1. The Morgan fingerprint density at radius 2 is 2.30 bits per heavy atom. The molecule has 128 valence electrons.